The van der Waals surface area contributed by atoms with Gasteiger partial charge in [-0.15, -0.1) is 0 Å². The SMILES string of the molecule is CC(CN)c1cccc(OCC2CC2)c1Cl. The van der Waals surface area contributed by atoms with Crippen molar-refractivity contribution in [1.82, 2.24) is 0 Å². The summed E-state index contributed by atoms with van der Waals surface area (Å²) in [6, 6.07) is 5.93. The van der Waals surface area contributed by atoms with Gasteiger partial charge in [0.1, 0.15) is 5.75 Å². The highest BCUT2D eigenvalue weighted by atomic mass is 35.5. The van der Waals surface area contributed by atoms with Crippen LogP contribution in [0.2, 0.25) is 5.02 Å². The molecule has 3 heteroatoms. The zero-order valence-electron chi connectivity index (χ0n) is 9.58. The van der Waals surface area contributed by atoms with E-state index >= 15 is 0 Å². The standard InChI is InChI=1S/C13H18ClNO/c1-9(7-15)11-3-2-4-12(13(11)14)16-8-10-5-6-10/h2-4,9-10H,5-8,15H2,1H3. The largest absolute Gasteiger partial charge is 0.492 e. The van der Waals surface area contributed by atoms with E-state index in [-0.39, 0.29) is 5.92 Å². The van der Waals surface area contributed by atoms with Gasteiger partial charge in [-0.05, 0) is 42.9 Å². The first-order chi connectivity index (χ1) is 7.72. The number of halogens is 1. The van der Waals surface area contributed by atoms with Crippen LogP contribution in [-0.2, 0) is 0 Å². The van der Waals surface area contributed by atoms with Crippen molar-refractivity contribution in [1.29, 1.82) is 0 Å². The molecule has 16 heavy (non-hydrogen) atoms. The van der Waals surface area contributed by atoms with Crippen LogP contribution in [-0.4, -0.2) is 13.2 Å². The lowest BCUT2D eigenvalue weighted by Gasteiger charge is -2.14. The number of hydrogen-bond acceptors (Lipinski definition) is 2. The number of benzene rings is 1. The minimum Gasteiger partial charge on any atom is -0.492 e. The van der Waals surface area contributed by atoms with E-state index in [0.29, 0.717) is 6.54 Å². The first-order valence-corrected chi connectivity index (χ1v) is 6.21. The van der Waals surface area contributed by atoms with Gasteiger partial charge in [0, 0.05) is 0 Å². The first kappa shape index (κ1) is 11.7. The number of rotatable bonds is 5. The smallest absolute Gasteiger partial charge is 0.138 e. The van der Waals surface area contributed by atoms with Gasteiger partial charge in [-0.2, -0.15) is 0 Å². The second-order valence-corrected chi connectivity index (χ2v) is 4.93. The zero-order valence-corrected chi connectivity index (χ0v) is 10.3. The predicted octanol–water partition coefficient (Wildman–Crippen LogP) is 3.19. The van der Waals surface area contributed by atoms with Gasteiger partial charge in [0.2, 0.25) is 0 Å². The Morgan fingerprint density at radius 2 is 2.25 bits per heavy atom. The molecule has 0 spiro atoms. The van der Waals surface area contributed by atoms with Crippen molar-refractivity contribution in [3.05, 3.63) is 28.8 Å². The highest BCUT2D eigenvalue weighted by Gasteiger charge is 2.22. The minimum atomic E-state index is 0.275. The number of hydrogen-bond donors (Lipinski definition) is 1. The Labute approximate surface area is 102 Å². The normalized spacial score (nSPS) is 17.2. The summed E-state index contributed by atoms with van der Waals surface area (Å²) in [5.41, 5.74) is 6.74. The van der Waals surface area contributed by atoms with Crippen LogP contribution in [0.5, 0.6) is 5.75 Å². The van der Waals surface area contributed by atoms with E-state index in [4.69, 9.17) is 22.1 Å². The quantitative estimate of drug-likeness (QED) is 0.857. The van der Waals surface area contributed by atoms with Gasteiger partial charge in [0.25, 0.3) is 0 Å². The molecule has 0 aromatic heterocycles. The molecule has 0 aliphatic heterocycles. The number of nitrogens with two attached hydrogens (primary N) is 1. The molecule has 1 fully saturated rings. The Morgan fingerprint density at radius 1 is 1.50 bits per heavy atom. The van der Waals surface area contributed by atoms with Crippen molar-refractivity contribution in [3.8, 4) is 5.75 Å². The molecule has 2 N–H and O–H groups in total. The van der Waals surface area contributed by atoms with Crippen LogP contribution in [0.15, 0.2) is 18.2 Å². The van der Waals surface area contributed by atoms with Crippen molar-refractivity contribution >= 4 is 11.6 Å². The maximum Gasteiger partial charge on any atom is 0.138 e. The molecule has 0 bridgehead atoms. The molecule has 0 saturated heterocycles. The highest BCUT2D eigenvalue weighted by molar-refractivity contribution is 6.32. The summed E-state index contributed by atoms with van der Waals surface area (Å²) in [5.74, 6) is 1.81. The van der Waals surface area contributed by atoms with Crippen LogP contribution in [0, 0.1) is 5.92 Å². The van der Waals surface area contributed by atoms with Gasteiger partial charge in [-0.1, -0.05) is 30.7 Å². The van der Waals surface area contributed by atoms with E-state index < -0.39 is 0 Å². The van der Waals surface area contributed by atoms with Crippen LogP contribution in [0.4, 0.5) is 0 Å². The summed E-state index contributed by atoms with van der Waals surface area (Å²) in [5, 5.41) is 0.723. The van der Waals surface area contributed by atoms with Gasteiger partial charge >= 0.3 is 0 Å². The summed E-state index contributed by atoms with van der Waals surface area (Å²) >= 11 is 6.31. The monoisotopic (exact) mass is 239 g/mol. The molecule has 88 valence electrons. The molecule has 1 unspecified atom stereocenters. The first-order valence-electron chi connectivity index (χ1n) is 5.83. The fourth-order valence-electron chi connectivity index (χ4n) is 1.64. The fourth-order valence-corrected chi connectivity index (χ4v) is 2.01. The van der Waals surface area contributed by atoms with Crippen molar-refractivity contribution in [2.75, 3.05) is 13.2 Å². The van der Waals surface area contributed by atoms with Gasteiger partial charge in [-0.25, -0.2) is 0 Å². The molecule has 1 aromatic carbocycles. The van der Waals surface area contributed by atoms with Crippen LogP contribution in [0.1, 0.15) is 31.2 Å². The Hall–Kier alpha value is -0.730. The Balaban J connectivity index is 2.11. The van der Waals surface area contributed by atoms with Crippen LogP contribution in [0.25, 0.3) is 0 Å². The molecule has 1 aliphatic rings. The molecule has 1 aliphatic carbocycles. The molecular formula is C13H18ClNO. The maximum atomic E-state index is 6.31. The average Bonchev–Trinajstić information content (AvgIpc) is 3.10. The molecule has 2 nitrogen and oxygen atoms in total. The average molecular weight is 240 g/mol. The van der Waals surface area contributed by atoms with Crippen LogP contribution in [0.3, 0.4) is 0 Å². The van der Waals surface area contributed by atoms with E-state index in [1.807, 2.05) is 18.2 Å². The van der Waals surface area contributed by atoms with E-state index in [1.165, 1.54) is 12.8 Å². The van der Waals surface area contributed by atoms with Gasteiger partial charge in [-0.3, -0.25) is 0 Å². The minimum absolute atomic E-state index is 0.275. The lowest BCUT2D eigenvalue weighted by molar-refractivity contribution is 0.299. The molecule has 1 aromatic rings. The predicted molar refractivity (Wildman–Crippen MR) is 67.1 cm³/mol. The van der Waals surface area contributed by atoms with Crippen LogP contribution < -0.4 is 10.5 Å². The molecular weight excluding hydrogens is 222 g/mol. The molecule has 2 rings (SSSR count). The third kappa shape index (κ3) is 2.69. The highest BCUT2D eigenvalue weighted by Crippen LogP contribution is 2.35. The molecule has 0 heterocycles. The summed E-state index contributed by atoms with van der Waals surface area (Å²) < 4.78 is 5.72. The van der Waals surface area contributed by atoms with Crippen molar-refractivity contribution in [3.63, 3.8) is 0 Å². The molecule has 0 amide bonds. The molecule has 0 radical (unpaired) electrons. The third-order valence-corrected chi connectivity index (χ3v) is 3.45. The van der Waals surface area contributed by atoms with Crippen molar-refractivity contribution < 1.29 is 4.74 Å². The maximum absolute atomic E-state index is 6.31. The zero-order chi connectivity index (χ0) is 11.5. The number of ether oxygens (including phenoxy) is 1. The summed E-state index contributed by atoms with van der Waals surface area (Å²) in [4.78, 5) is 0. The second kappa shape index (κ2) is 5.07. The Bertz CT molecular complexity index is 363. The van der Waals surface area contributed by atoms with E-state index in [1.54, 1.807) is 0 Å². The Morgan fingerprint density at radius 3 is 2.88 bits per heavy atom. The van der Waals surface area contributed by atoms with E-state index in [2.05, 4.69) is 6.92 Å². The van der Waals surface area contributed by atoms with E-state index in [0.717, 1.165) is 28.9 Å². The van der Waals surface area contributed by atoms with Crippen molar-refractivity contribution in [2.45, 2.75) is 25.7 Å². The third-order valence-electron chi connectivity index (χ3n) is 3.05. The second-order valence-electron chi connectivity index (χ2n) is 4.55. The fraction of sp³-hybridized carbons (Fsp3) is 0.538. The summed E-state index contributed by atoms with van der Waals surface area (Å²) in [6.07, 6.45) is 2.58. The van der Waals surface area contributed by atoms with Crippen LogP contribution >= 0.6 is 11.6 Å². The van der Waals surface area contributed by atoms with Gasteiger partial charge < -0.3 is 10.5 Å². The van der Waals surface area contributed by atoms with Gasteiger partial charge in [0.15, 0.2) is 0 Å². The lowest BCUT2D eigenvalue weighted by atomic mass is 10.0. The molecule has 1 atom stereocenters. The van der Waals surface area contributed by atoms with Crippen molar-refractivity contribution in [2.24, 2.45) is 11.7 Å². The summed E-state index contributed by atoms with van der Waals surface area (Å²) in [6.45, 7) is 3.47. The van der Waals surface area contributed by atoms with Gasteiger partial charge in [0.05, 0.1) is 11.6 Å². The lowest BCUT2D eigenvalue weighted by Crippen LogP contribution is -2.10. The van der Waals surface area contributed by atoms with E-state index in [9.17, 15) is 0 Å². The topological polar surface area (TPSA) is 35.2 Å². The summed E-state index contributed by atoms with van der Waals surface area (Å²) in [7, 11) is 0. The molecule has 1 saturated carbocycles. The Kier molecular flexibility index (Phi) is 3.72.